The van der Waals surface area contributed by atoms with Crippen LogP contribution in [-0.4, -0.2) is 58.0 Å². The van der Waals surface area contributed by atoms with Crippen LogP contribution in [0.5, 0.6) is 0 Å². The van der Waals surface area contributed by atoms with Gasteiger partial charge in [0.15, 0.2) is 0 Å². The zero-order chi connectivity index (χ0) is 21.8. The lowest BCUT2D eigenvalue weighted by molar-refractivity contribution is -0.123. The predicted molar refractivity (Wildman–Crippen MR) is 115 cm³/mol. The molecule has 31 heavy (non-hydrogen) atoms. The fourth-order valence-electron chi connectivity index (χ4n) is 3.63. The molecule has 2 amide bonds. The molecule has 164 valence electrons. The van der Waals surface area contributed by atoms with E-state index in [1.54, 1.807) is 0 Å². The van der Waals surface area contributed by atoms with E-state index in [0.717, 1.165) is 18.7 Å². The van der Waals surface area contributed by atoms with Crippen molar-refractivity contribution >= 4 is 33.2 Å². The van der Waals surface area contributed by atoms with E-state index in [1.165, 1.54) is 18.2 Å². The number of carbonyl (C=O) groups is 2. The second kappa shape index (κ2) is 9.15. The molecule has 2 aromatic rings. The first-order valence-corrected chi connectivity index (χ1v) is 11.5. The minimum atomic E-state index is -3.91. The number of hydrogen-bond acceptors (Lipinski definition) is 6. The van der Waals surface area contributed by atoms with Crippen LogP contribution in [0.15, 0.2) is 53.4 Å². The molecule has 1 saturated heterocycles. The lowest BCUT2D eigenvalue weighted by Crippen LogP contribution is -2.43. The molecule has 4 rings (SSSR count). The molecule has 0 spiro atoms. The third-order valence-corrected chi connectivity index (χ3v) is 6.68. The highest BCUT2D eigenvalue weighted by Crippen LogP contribution is 2.28. The van der Waals surface area contributed by atoms with Crippen molar-refractivity contribution in [2.24, 2.45) is 0 Å². The highest BCUT2D eigenvalue weighted by Gasteiger charge is 2.26. The third kappa shape index (κ3) is 5.28. The molecular formula is C21H24N4O5S. The van der Waals surface area contributed by atoms with Gasteiger partial charge >= 0.3 is 0 Å². The van der Waals surface area contributed by atoms with Gasteiger partial charge in [0, 0.05) is 19.6 Å². The summed E-state index contributed by atoms with van der Waals surface area (Å²) in [7, 11) is -3.91. The Morgan fingerprint density at radius 3 is 2.35 bits per heavy atom. The number of ether oxygens (including phenoxy) is 1. The molecular weight excluding hydrogens is 420 g/mol. The first kappa shape index (κ1) is 21.4. The first-order valence-electron chi connectivity index (χ1n) is 10.0. The summed E-state index contributed by atoms with van der Waals surface area (Å²) in [6, 6.07) is 13.2. The normalized spacial score (nSPS) is 18.5. The maximum atomic E-state index is 13.2. The molecule has 2 aliphatic rings. The van der Waals surface area contributed by atoms with Crippen LogP contribution in [0.25, 0.3) is 0 Å². The van der Waals surface area contributed by atoms with E-state index < -0.39 is 27.9 Å². The highest BCUT2D eigenvalue weighted by molar-refractivity contribution is 7.89. The Morgan fingerprint density at radius 1 is 0.968 bits per heavy atom. The van der Waals surface area contributed by atoms with Gasteiger partial charge in [-0.3, -0.25) is 14.5 Å². The van der Waals surface area contributed by atoms with E-state index >= 15 is 0 Å². The third-order valence-electron chi connectivity index (χ3n) is 5.21. The number of rotatable bonds is 6. The molecule has 0 aromatic heterocycles. The number of anilines is 2. The maximum absolute atomic E-state index is 13.2. The van der Waals surface area contributed by atoms with E-state index in [4.69, 9.17) is 4.74 Å². The molecule has 10 heteroatoms. The van der Waals surface area contributed by atoms with Crippen LogP contribution >= 0.6 is 0 Å². The van der Waals surface area contributed by atoms with Crippen LogP contribution in [-0.2, 0) is 24.3 Å². The molecule has 2 heterocycles. The van der Waals surface area contributed by atoms with Crippen molar-refractivity contribution in [2.45, 2.75) is 17.4 Å². The molecule has 0 radical (unpaired) electrons. The lowest BCUT2D eigenvalue weighted by atomic mass is 10.1. The lowest BCUT2D eigenvalue weighted by Gasteiger charge is -2.31. The molecule has 3 N–H and O–H groups in total. The van der Waals surface area contributed by atoms with Gasteiger partial charge in [-0.25, -0.2) is 13.1 Å². The Hall–Kier alpha value is -2.79. The second-order valence-electron chi connectivity index (χ2n) is 7.48. The zero-order valence-electron chi connectivity index (χ0n) is 16.8. The highest BCUT2D eigenvalue weighted by atomic mass is 32.2. The number of benzene rings is 2. The van der Waals surface area contributed by atoms with E-state index in [2.05, 4.69) is 20.3 Å². The number of nitrogens with one attached hydrogen (secondary N) is 3. The van der Waals surface area contributed by atoms with E-state index in [-0.39, 0.29) is 17.0 Å². The van der Waals surface area contributed by atoms with E-state index in [0.29, 0.717) is 25.4 Å². The van der Waals surface area contributed by atoms with Crippen LogP contribution in [0.2, 0.25) is 0 Å². The molecule has 9 nitrogen and oxygen atoms in total. The summed E-state index contributed by atoms with van der Waals surface area (Å²) in [6.45, 7) is 3.20. The van der Waals surface area contributed by atoms with Gasteiger partial charge in [-0.15, -0.1) is 0 Å². The Labute approximate surface area is 180 Å². The SMILES string of the molecule is O=C1CC(=O)Nc2cc(S(=O)(=O)N[C@@H](CN3CCOCC3)c3ccccc3)ccc2N1. The molecule has 1 fully saturated rings. The van der Waals surface area contributed by atoms with Gasteiger partial charge < -0.3 is 15.4 Å². The summed E-state index contributed by atoms with van der Waals surface area (Å²) in [5, 5.41) is 5.18. The average molecular weight is 445 g/mol. The van der Waals surface area contributed by atoms with Gasteiger partial charge in [-0.05, 0) is 23.8 Å². The Kier molecular flexibility index (Phi) is 6.33. The van der Waals surface area contributed by atoms with Gasteiger partial charge in [0.2, 0.25) is 21.8 Å². The Balaban J connectivity index is 1.60. The number of fused-ring (bicyclic) bond motifs is 1. The van der Waals surface area contributed by atoms with Crippen molar-refractivity contribution < 1.29 is 22.7 Å². The average Bonchev–Trinajstić information content (AvgIpc) is 2.90. The van der Waals surface area contributed by atoms with Crippen LogP contribution in [0, 0.1) is 0 Å². The smallest absolute Gasteiger partial charge is 0.241 e. The Bertz CT molecular complexity index is 1070. The molecule has 2 aliphatic heterocycles. The van der Waals surface area contributed by atoms with Crippen LogP contribution in [0.4, 0.5) is 11.4 Å². The number of sulfonamides is 1. The number of morpholine rings is 1. The topological polar surface area (TPSA) is 117 Å². The summed E-state index contributed by atoms with van der Waals surface area (Å²) >= 11 is 0. The van der Waals surface area contributed by atoms with E-state index in [9.17, 15) is 18.0 Å². The standard InChI is InChI=1S/C21H24N4O5S/c26-20-13-21(27)23-18-12-16(6-7-17(18)22-20)31(28,29)24-19(15-4-2-1-3-5-15)14-25-8-10-30-11-9-25/h1-7,12,19,24H,8-11,13-14H2,(H,22,26)(H,23,27)/t19-/m0/s1. The van der Waals surface area contributed by atoms with Crippen LogP contribution in [0.1, 0.15) is 18.0 Å². The Morgan fingerprint density at radius 2 is 1.65 bits per heavy atom. The number of nitrogens with zero attached hydrogens (tertiary/aromatic N) is 1. The predicted octanol–water partition coefficient (Wildman–Crippen LogP) is 1.32. The van der Waals surface area contributed by atoms with Crippen molar-refractivity contribution in [3.8, 4) is 0 Å². The summed E-state index contributed by atoms with van der Waals surface area (Å²) in [4.78, 5) is 25.7. The second-order valence-corrected chi connectivity index (χ2v) is 9.19. The minimum absolute atomic E-state index is 0.00519. The van der Waals surface area contributed by atoms with Gasteiger partial charge in [-0.1, -0.05) is 30.3 Å². The fraction of sp³-hybridized carbons (Fsp3) is 0.333. The van der Waals surface area contributed by atoms with Crippen molar-refractivity contribution in [2.75, 3.05) is 43.5 Å². The molecule has 0 saturated carbocycles. The maximum Gasteiger partial charge on any atom is 0.241 e. The van der Waals surface area contributed by atoms with Crippen LogP contribution in [0.3, 0.4) is 0 Å². The largest absolute Gasteiger partial charge is 0.379 e. The summed E-state index contributed by atoms with van der Waals surface area (Å²) in [5.41, 5.74) is 1.47. The number of amides is 2. The summed E-state index contributed by atoms with van der Waals surface area (Å²) in [6.07, 6.45) is -0.315. The van der Waals surface area contributed by atoms with Gasteiger partial charge in [0.05, 0.1) is 35.5 Å². The molecule has 0 bridgehead atoms. The zero-order valence-corrected chi connectivity index (χ0v) is 17.7. The first-order chi connectivity index (χ1) is 14.9. The molecule has 2 aromatic carbocycles. The van der Waals surface area contributed by atoms with Crippen LogP contribution < -0.4 is 15.4 Å². The quantitative estimate of drug-likeness (QED) is 0.579. The van der Waals surface area contributed by atoms with Gasteiger partial charge in [0.25, 0.3) is 0 Å². The van der Waals surface area contributed by atoms with Gasteiger partial charge in [0.1, 0.15) is 6.42 Å². The minimum Gasteiger partial charge on any atom is -0.379 e. The summed E-state index contributed by atoms with van der Waals surface area (Å²) in [5.74, 6) is -0.937. The molecule has 0 aliphatic carbocycles. The molecule has 1 atom stereocenters. The van der Waals surface area contributed by atoms with Crippen molar-refractivity contribution in [1.82, 2.24) is 9.62 Å². The number of carbonyl (C=O) groups excluding carboxylic acids is 2. The number of hydrogen-bond donors (Lipinski definition) is 3. The van der Waals surface area contributed by atoms with Gasteiger partial charge in [-0.2, -0.15) is 0 Å². The van der Waals surface area contributed by atoms with Crippen molar-refractivity contribution in [1.29, 1.82) is 0 Å². The monoisotopic (exact) mass is 444 g/mol. The summed E-state index contributed by atoms with van der Waals surface area (Å²) < 4.78 is 34.6. The van der Waals surface area contributed by atoms with Crippen molar-refractivity contribution in [3.63, 3.8) is 0 Å². The fourth-order valence-corrected chi connectivity index (χ4v) is 4.87. The van der Waals surface area contributed by atoms with Crippen molar-refractivity contribution in [3.05, 3.63) is 54.1 Å². The molecule has 0 unspecified atom stereocenters. The van der Waals surface area contributed by atoms with E-state index in [1.807, 2.05) is 30.3 Å².